The maximum absolute atomic E-state index is 14.0. The highest BCUT2D eigenvalue weighted by molar-refractivity contribution is 5.83. The van der Waals surface area contributed by atoms with Gasteiger partial charge in [0.15, 0.2) is 0 Å². The molecule has 0 aliphatic rings. The molecule has 0 aliphatic heterocycles. The molecule has 100 valence electrons. The fourth-order valence-electron chi connectivity index (χ4n) is 1.98. The molecule has 5 heteroatoms. The average Bonchev–Trinajstić information content (AvgIpc) is 2.37. The van der Waals surface area contributed by atoms with Gasteiger partial charge in [-0.15, -0.1) is 0 Å². The minimum atomic E-state index is -1.28. The topological polar surface area (TPSA) is 47.6 Å². The molecule has 1 N–H and O–H groups in total. The SMILES string of the molecule is CCNC(C)(C(=O)OC)c1c(F)cccc1OC. The fourth-order valence-corrected chi connectivity index (χ4v) is 1.98. The highest BCUT2D eigenvalue weighted by Crippen LogP contribution is 2.33. The lowest BCUT2D eigenvalue weighted by Crippen LogP contribution is -2.48. The summed E-state index contributed by atoms with van der Waals surface area (Å²) < 4.78 is 23.9. The lowest BCUT2D eigenvalue weighted by Gasteiger charge is -2.29. The van der Waals surface area contributed by atoms with Crippen molar-refractivity contribution in [2.24, 2.45) is 0 Å². The van der Waals surface area contributed by atoms with Crippen molar-refractivity contribution in [3.05, 3.63) is 29.6 Å². The molecule has 0 aliphatic carbocycles. The third-order valence-corrected chi connectivity index (χ3v) is 2.82. The summed E-state index contributed by atoms with van der Waals surface area (Å²) in [7, 11) is 2.70. The highest BCUT2D eigenvalue weighted by Gasteiger charge is 2.40. The first-order valence-corrected chi connectivity index (χ1v) is 5.67. The first kappa shape index (κ1) is 14.4. The number of hydrogen-bond donors (Lipinski definition) is 1. The molecular formula is C13H18FNO3. The fraction of sp³-hybridized carbons (Fsp3) is 0.462. The lowest BCUT2D eigenvalue weighted by atomic mass is 9.90. The van der Waals surface area contributed by atoms with Gasteiger partial charge in [-0.25, -0.2) is 9.18 Å². The van der Waals surface area contributed by atoms with Crippen LogP contribution in [0, 0.1) is 5.82 Å². The van der Waals surface area contributed by atoms with Gasteiger partial charge in [0.1, 0.15) is 17.1 Å². The summed E-state index contributed by atoms with van der Waals surface area (Å²) in [6.07, 6.45) is 0. The first-order chi connectivity index (χ1) is 8.51. The lowest BCUT2D eigenvalue weighted by molar-refractivity contribution is -0.148. The van der Waals surface area contributed by atoms with Crippen LogP contribution < -0.4 is 10.1 Å². The molecule has 0 bridgehead atoms. The third-order valence-electron chi connectivity index (χ3n) is 2.82. The number of ether oxygens (including phenoxy) is 2. The van der Waals surface area contributed by atoms with E-state index < -0.39 is 17.3 Å². The number of halogens is 1. The normalized spacial score (nSPS) is 13.8. The van der Waals surface area contributed by atoms with E-state index in [1.54, 1.807) is 13.0 Å². The number of esters is 1. The van der Waals surface area contributed by atoms with Crippen molar-refractivity contribution in [2.45, 2.75) is 19.4 Å². The Bertz CT molecular complexity index is 436. The van der Waals surface area contributed by atoms with Crippen LogP contribution in [-0.2, 0) is 15.1 Å². The van der Waals surface area contributed by atoms with Crippen molar-refractivity contribution in [3.63, 3.8) is 0 Å². The van der Waals surface area contributed by atoms with E-state index in [1.807, 2.05) is 6.92 Å². The Labute approximate surface area is 106 Å². The summed E-state index contributed by atoms with van der Waals surface area (Å²) >= 11 is 0. The van der Waals surface area contributed by atoms with E-state index in [0.717, 1.165) is 0 Å². The predicted molar refractivity (Wildman–Crippen MR) is 66.0 cm³/mol. The molecule has 18 heavy (non-hydrogen) atoms. The molecule has 4 nitrogen and oxygen atoms in total. The van der Waals surface area contributed by atoms with Gasteiger partial charge in [0.25, 0.3) is 0 Å². The smallest absolute Gasteiger partial charge is 0.330 e. The number of rotatable bonds is 5. The maximum atomic E-state index is 14.0. The Morgan fingerprint density at radius 3 is 2.61 bits per heavy atom. The number of nitrogens with one attached hydrogen (secondary N) is 1. The van der Waals surface area contributed by atoms with Crippen LogP contribution in [0.3, 0.4) is 0 Å². The van der Waals surface area contributed by atoms with Gasteiger partial charge in [0.2, 0.25) is 0 Å². The number of carbonyl (C=O) groups is 1. The quantitative estimate of drug-likeness (QED) is 0.815. The van der Waals surface area contributed by atoms with E-state index >= 15 is 0 Å². The molecule has 0 fully saturated rings. The van der Waals surface area contributed by atoms with Crippen LogP contribution in [0.1, 0.15) is 19.4 Å². The zero-order chi connectivity index (χ0) is 13.8. The van der Waals surface area contributed by atoms with E-state index in [2.05, 4.69) is 5.32 Å². The predicted octanol–water partition coefficient (Wildman–Crippen LogP) is 1.83. The van der Waals surface area contributed by atoms with E-state index in [9.17, 15) is 9.18 Å². The molecule has 0 aromatic heterocycles. The maximum Gasteiger partial charge on any atom is 0.330 e. The van der Waals surface area contributed by atoms with Crippen molar-refractivity contribution >= 4 is 5.97 Å². The van der Waals surface area contributed by atoms with Gasteiger partial charge in [-0.3, -0.25) is 5.32 Å². The zero-order valence-corrected chi connectivity index (χ0v) is 11.0. The number of hydrogen-bond acceptors (Lipinski definition) is 4. The van der Waals surface area contributed by atoms with Gasteiger partial charge in [0, 0.05) is 0 Å². The molecule has 0 saturated carbocycles. The Morgan fingerprint density at radius 2 is 2.11 bits per heavy atom. The largest absolute Gasteiger partial charge is 0.496 e. The molecule has 1 aromatic carbocycles. The summed E-state index contributed by atoms with van der Waals surface area (Å²) in [5.74, 6) is -0.764. The highest BCUT2D eigenvalue weighted by atomic mass is 19.1. The third kappa shape index (κ3) is 2.46. The second-order valence-electron chi connectivity index (χ2n) is 3.96. The molecule has 0 radical (unpaired) electrons. The molecule has 0 spiro atoms. The number of likely N-dealkylation sites (N-methyl/N-ethyl adjacent to an activating group) is 1. The van der Waals surface area contributed by atoms with Gasteiger partial charge in [-0.1, -0.05) is 13.0 Å². The van der Waals surface area contributed by atoms with Crippen LogP contribution >= 0.6 is 0 Å². The van der Waals surface area contributed by atoms with Crippen molar-refractivity contribution in [3.8, 4) is 5.75 Å². The van der Waals surface area contributed by atoms with Crippen molar-refractivity contribution in [1.29, 1.82) is 0 Å². The van der Waals surface area contributed by atoms with E-state index in [4.69, 9.17) is 9.47 Å². The van der Waals surface area contributed by atoms with E-state index in [0.29, 0.717) is 12.3 Å². The van der Waals surface area contributed by atoms with Crippen molar-refractivity contribution in [2.75, 3.05) is 20.8 Å². The van der Waals surface area contributed by atoms with Crippen LogP contribution in [0.4, 0.5) is 4.39 Å². The molecule has 1 unspecified atom stereocenters. The standard InChI is InChI=1S/C13H18FNO3/c1-5-15-13(2,12(16)18-4)11-9(14)7-6-8-10(11)17-3/h6-8,15H,5H2,1-4H3. The van der Waals surface area contributed by atoms with Gasteiger partial charge >= 0.3 is 5.97 Å². The Hall–Kier alpha value is -1.62. The molecular weight excluding hydrogens is 237 g/mol. The summed E-state index contributed by atoms with van der Waals surface area (Å²) in [4.78, 5) is 11.9. The Morgan fingerprint density at radius 1 is 1.44 bits per heavy atom. The second kappa shape index (κ2) is 5.82. The van der Waals surface area contributed by atoms with E-state index in [-0.39, 0.29) is 5.56 Å². The Kier molecular flexibility index (Phi) is 4.67. The van der Waals surface area contributed by atoms with Gasteiger partial charge in [-0.05, 0) is 25.6 Å². The van der Waals surface area contributed by atoms with Crippen LogP contribution in [0.15, 0.2) is 18.2 Å². The van der Waals surface area contributed by atoms with Gasteiger partial charge < -0.3 is 9.47 Å². The molecule has 0 heterocycles. The summed E-state index contributed by atoms with van der Waals surface area (Å²) in [6.45, 7) is 3.89. The van der Waals surface area contributed by atoms with Crippen molar-refractivity contribution < 1.29 is 18.7 Å². The second-order valence-corrected chi connectivity index (χ2v) is 3.96. The Balaban J connectivity index is 3.42. The van der Waals surface area contributed by atoms with E-state index in [1.165, 1.54) is 26.4 Å². The zero-order valence-electron chi connectivity index (χ0n) is 11.0. The van der Waals surface area contributed by atoms with Crippen LogP contribution in [0.2, 0.25) is 0 Å². The molecule has 1 aromatic rings. The van der Waals surface area contributed by atoms with Gasteiger partial charge in [0.05, 0.1) is 19.8 Å². The average molecular weight is 255 g/mol. The van der Waals surface area contributed by atoms with Crippen molar-refractivity contribution in [1.82, 2.24) is 5.32 Å². The van der Waals surface area contributed by atoms with Crippen LogP contribution in [0.5, 0.6) is 5.75 Å². The minimum Gasteiger partial charge on any atom is -0.496 e. The molecule has 1 rings (SSSR count). The number of methoxy groups -OCH3 is 2. The number of carbonyl (C=O) groups excluding carboxylic acids is 1. The molecule has 0 saturated heterocycles. The first-order valence-electron chi connectivity index (χ1n) is 5.67. The summed E-state index contributed by atoms with van der Waals surface area (Å²) in [6, 6.07) is 4.43. The van der Waals surface area contributed by atoms with Crippen LogP contribution in [-0.4, -0.2) is 26.7 Å². The molecule has 1 atom stereocenters. The van der Waals surface area contributed by atoms with Crippen LogP contribution in [0.25, 0.3) is 0 Å². The number of benzene rings is 1. The van der Waals surface area contributed by atoms with Gasteiger partial charge in [-0.2, -0.15) is 0 Å². The monoisotopic (exact) mass is 255 g/mol. The summed E-state index contributed by atoms with van der Waals surface area (Å²) in [5, 5.41) is 2.95. The summed E-state index contributed by atoms with van der Waals surface area (Å²) in [5.41, 5.74) is -1.12. The minimum absolute atomic E-state index is 0.154. The molecule has 0 amide bonds.